The number of aromatic nitrogens is 3. The van der Waals surface area contributed by atoms with Crippen LogP contribution in [0.5, 0.6) is 0 Å². The third-order valence-electron chi connectivity index (χ3n) is 5.58. The van der Waals surface area contributed by atoms with E-state index >= 15 is 0 Å². The Morgan fingerprint density at radius 3 is 2.16 bits per heavy atom. The third-order valence-corrected chi connectivity index (χ3v) is 5.58. The molecule has 2 heterocycles. The molecule has 0 aliphatic carbocycles. The molecule has 5 heteroatoms. The number of rotatable bonds is 5. The maximum absolute atomic E-state index is 12.9. The van der Waals surface area contributed by atoms with Gasteiger partial charge in [0.05, 0.1) is 17.9 Å². The molecule has 0 radical (unpaired) electrons. The standard InChI is InChI=1S/C27H22N4O/c1-19(20-8-4-2-5-9-20)30-27(32)24-18-29-31-25(16-17-28-26(24)31)23-14-12-22(13-15-23)21-10-6-3-7-11-21/h2-19H,1H3,(H,30,32). The fourth-order valence-corrected chi connectivity index (χ4v) is 3.83. The predicted molar refractivity (Wildman–Crippen MR) is 126 cm³/mol. The number of nitrogens with one attached hydrogen (secondary N) is 1. The molecule has 0 spiro atoms. The van der Waals surface area contributed by atoms with E-state index in [-0.39, 0.29) is 11.9 Å². The van der Waals surface area contributed by atoms with Crippen LogP contribution in [0.2, 0.25) is 0 Å². The van der Waals surface area contributed by atoms with Crippen molar-refractivity contribution in [2.24, 2.45) is 0 Å². The summed E-state index contributed by atoms with van der Waals surface area (Å²) in [6.45, 7) is 1.96. The lowest BCUT2D eigenvalue weighted by atomic mass is 10.0. The first-order valence-electron chi connectivity index (χ1n) is 10.5. The molecule has 0 saturated carbocycles. The van der Waals surface area contributed by atoms with Crippen molar-refractivity contribution in [2.75, 3.05) is 0 Å². The van der Waals surface area contributed by atoms with Gasteiger partial charge in [0.1, 0.15) is 5.56 Å². The quantitative estimate of drug-likeness (QED) is 0.407. The molecule has 3 aromatic carbocycles. The highest BCUT2D eigenvalue weighted by molar-refractivity contribution is 6.00. The molecule has 32 heavy (non-hydrogen) atoms. The van der Waals surface area contributed by atoms with Crippen molar-refractivity contribution in [3.63, 3.8) is 0 Å². The van der Waals surface area contributed by atoms with E-state index in [1.165, 1.54) is 5.56 Å². The molecule has 0 saturated heterocycles. The van der Waals surface area contributed by atoms with Crippen molar-refractivity contribution >= 4 is 11.6 Å². The Morgan fingerprint density at radius 1 is 0.812 bits per heavy atom. The number of hydrogen-bond acceptors (Lipinski definition) is 3. The van der Waals surface area contributed by atoms with Crippen LogP contribution in [-0.4, -0.2) is 20.5 Å². The summed E-state index contributed by atoms with van der Waals surface area (Å²) in [6.07, 6.45) is 3.30. The van der Waals surface area contributed by atoms with Gasteiger partial charge in [0.25, 0.3) is 5.91 Å². The fraction of sp³-hybridized carbons (Fsp3) is 0.0741. The highest BCUT2D eigenvalue weighted by Gasteiger charge is 2.18. The van der Waals surface area contributed by atoms with E-state index in [9.17, 15) is 4.79 Å². The van der Waals surface area contributed by atoms with Crippen molar-refractivity contribution < 1.29 is 4.79 Å². The second-order valence-corrected chi connectivity index (χ2v) is 7.67. The Morgan fingerprint density at radius 2 is 1.44 bits per heavy atom. The van der Waals surface area contributed by atoms with Crippen LogP contribution in [0.15, 0.2) is 103 Å². The Bertz CT molecular complexity index is 1360. The first-order chi connectivity index (χ1) is 15.7. The second-order valence-electron chi connectivity index (χ2n) is 7.67. The van der Waals surface area contributed by atoms with E-state index in [4.69, 9.17) is 0 Å². The maximum Gasteiger partial charge on any atom is 0.257 e. The van der Waals surface area contributed by atoms with Gasteiger partial charge in [0, 0.05) is 11.8 Å². The number of nitrogens with zero attached hydrogens (tertiary/aromatic N) is 3. The zero-order valence-electron chi connectivity index (χ0n) is 17.6. The normalized spacial score (nSPS) is 11.9. The van der Waals surface area contributed by atoms with Crippen LogP contribution >= 0.6 is 0 Å². The second kappa shape index (κ2) is 8.47. The van der Waals surface area contributed by atoms with Gasteiger partial charge in [0.15, 0.2) is 5.65 Å². The molecule has 0 aliphatic heterocycles. The lowest BCUT2D eigenvalue weighted by Gasteiger charge is -2.13. The summed E-state index contributed by atoms with van der Waals surface area (Å²) in [5, 5.41) is 7.51. The van der Waals surface area contributed by atoms with Crippen LogP contribution in [0.3, 0.4) is 0 Å². The summed E-state index contributed by atoms with van der Waals surface area (Å²) in [7, 11) is 0. The first-order valence-corrected chi connectivity index (χ1v) is 10.5. The van der Waals surface area contributed by atoms with Crippen LogP contribution in [0, 0.1) is 0 Å². The SMILES string of the molecule is CC(NC(=O)c1cnn2c(-c3ccc(-c4ccccc4)cc3)ccnc12)c1ccccc1. The Balaban J connectivity index is 1.44. The number of hydrogen-bond donors (Lipinski definition) is 1. The van der Waals surface area contributed by atoms with Gasteiger partial charge in [0.2, 0.25) is 0 Å². The van der Waals surface area contributed by atoms with Crippen LogP contribution in [0.4, 0.5) is 0 Å². The van der Waals surface area contributed by atoms with Gasteiger partial charge in [-0.05, 0) is 29.7 Å². The molecule has 5 aromatic rings. The molecule has 1 amide bonds. The summed E-state index contributed by atoms with van der Waals surface area (Å²) < 4.78 is 1.72. The lowest BCUT2D eigenvalue weighted by Crippen LogP contribution is -2.26. The maximum atomic E-state index is 12.9. The molecule has 156 valence electrons. The lowest BCUT2D eigenvalue weighted by molar-refractivity contribution is 0.0941. The molecular weight excluding hydrogens is 396 g/mol. The minimum atomic E-state index is -0.194. The highest BCUT2D eigenvalue weighted by Crippen LogP contribution is 2.25. The topological polar surface area (TPSA) is 59.3 Å². The molecule has 0 aliphatic rings. The van der Waals surface area contributed by atoms with Crippen molar-refractivity contribution in [2.45, 2.75) is 13.0 Å². The number of amides is 1. The fourth-order valence-electron chi connectivity index (χ4n) is 3.83. The van der Waals surface area contributed by atoms with Gasteiger partial charge >= 0.3 is 0 Å². The number of carbonyl (C=O) groups excluding carboxylic acids is 1. The van der Waals surface area contributed by atoms with Crippen LogP contribution in [0.25, 0.3) is 28.0 Å². The average Bonchev–Trinajstić information content (AvgIpc) is 3.30. The predicted octanol–water partition coefficient (Wildman–Crippen LogP) is 5.55. The minimum absolute atomic E-state index is 0.118. The van der Waals surface area contributed by atoms with Crippen molar-refractivity contribution in [3.05, 3.63) is 115 Å². The van der Waals surface area contributed by atoms with Gasteiger partial charge in [-0.2, -0.15) is 5.10 Å². The Labute approximate surface area is 186 Å². The monoisotopic (exact) mass is 418 g/mol. The van der Waals surface area contributed by atoms with Gasteiger partial charge in [-0.3, -0.25) is 4.79 Å². The molecule has 1 N–H and O–H groups in total. The third kappa shape index (κ3) is 3.76. The molecule has 2 aromatic heterocycles. The van der Waals surface area contributed by atoms with Gasteiger partial charge < -0.3 is 5.32 Å². The van der Waals surface area contributed by atoms with Crippen LogP contribution in [0.1, 0.15) is 28.9 Å². The molecule has 5 nitrogen and oxygen atoms in total. The van der Waals surface area contributed by atoms with Gasteiger partial charge in [-0.25, -0.2) is 9.50 Å². The number of benzene rings is 3. The molecule has 1 atom stereocenters. The van der Waals surface area contributed by atoms with Crippen molar-refractivity contribution in [1.82, 2.24) is 19.9 Å². The highest BCUT2D eigenvalue weighted by atomic mass is 16.1. The number of carbonyl (C=O) groups is 1. The minimum Gasteiger partial charge on any atom is -0.345 e. The van der Waals surface area contributed by atoms with E-state index in [0.29, 0.717) is 11.2 Å². The smallest absolute Gasteiger partial charge is 0.257 e. The van der Waals surface area contributed by atoms with E-state index in [1.54, 1.807) is 16.9 Å². The average molecular weight is 419 g/mol. The zero-order chi connectivity index (χ0) is 21.9. The molecule has 0 fully saturated rings. The molecule has 0 bridgehead atoms. The van der Waals surface area contributed by atoms with Crippen molar-refractivity contribution in [1.29, 1.82) is 0 Å². The number of fused-ring (bicyclic) bond motifs is 1. The van der Waals surface area contributed by atoms with E-state index in [1.807, 2.05) is 61.5 Å². The summed E-state index contributed by atoms with van der Waals surface area (Å²) in [6, 6.07) is 30.2. The summed E-state index contributed by atoms with van der Waals surface area (Å²) in [5.74, 6) is -0.194. The largest absolute Gasteiger partial charge is 0.345 e. The summed E-state index contributed by atoms with van der Waals surface area (Å²) in [4.78, 5) is 17.4. The zero-order valence-corrected chi connectivity index (χ0v) is 17.6. The Kier molecular flexibility index (Phi) is 5.22. The first kappa shape index (κ1) is 19.7. The van der Waals surface area contributed by atoms with Crippen LogP contribution in [-0.2, 0) is 0 Å². The van der Waals surface area contributed by atoms with Gasteiger partial charge in [-0.1, -0.05) is 84.9 Å². The summed E-state index contributed by atoms with van der Waals surface area (Å²) >= 11 is 0. The summed E-state index contributed by atoms with van der Waals surface area (Å²) in [5.41, 5.74) is 6.24. The molecule has 5 rings (SSSR count). The van der Waals surface area contributed by atoms with E-state index < -0.39 is 0 Å². The van der Waals surface area contributed by atoms with Gasteiger partial charge in [-0.15, -0.1) is 0 Å². The van der Waals surface area contributed by atoms with Crippen molar-refractivity contribution in [3.8, 4) is 22.4 Å². The molecular formula is C27H22N4O. The van der Waals surface area contributed by atoms with E-state index in [2.05, 4.69) is 51.8 Å². The van der Waals surface area contributed by atoms with Crippen LogP contribution < -0.4 is 5.32 Å². The molecule has 1 unspecified atom stereocenters. The van der Waals surface area contributed by atoms with E-state index in [0.717, 1.165) is 22.4 Å². The Hall–Kier alpha value is -4.25.